The summed E-state index contributed by atoms with van der Waals surface area (Å²) >= 11 is 0. The summed E-state index contributed by atoms with van der Waals surface area (Å²) in [6, 6.07) is 5.67. The van der Waals surface area contributed by atoms with E-state index in [0.29, 0.717) is 5.82 Å². The molecule has 1 saturated carbocycles. The van der Waals surface area contributed by atoms with E-state index in [1.54, 1.807) is 12.4 Å². The average molecular weight is 243 g/mol. The smallest absolute Gasteiger partial charge is 0.319 e. The van der Waals surface area contributed by atoms with Crippen LogP contribution in [0.5, 0.6) is 0 Å². The summed E-state index contributed by atoms with van der Waals surface area (Å²) in [5.41, 5.74) is 1.08. The third-order valence-electron chi connectivity index (χ3n) is 3.30. The number of aromatic nitrogens is 3. The van der Waals surface area contributed by atoms with Gasteiger partial charge in [-0.25, -0.2) is 4.98 Å². The number of H-pyrrole nitrogens is 1. The summed E-state index contributed by atoms with van der Waals surface area (Å²) < 4.78 is 4.83. The first-order valence-corrected chi connectivity index (χ1v) is 5.81. The van der Waals surface area contributed by atoms with Crippen LogP contribution in [-0.4, -0.2) is 28.0 Å². The molecule has 5 heteroatoms. The number of hydrogen-bond donors (Lipinski definition) is 1. The number of pyridine rings is 1. The van der Waals surface area contributed by atoms with Crippen LogP contribution in [0.4, 0.5) is 0 Å². The number of rotatable bonds is 3. The standard InChI is InChI=1S/C13H13N3O2/c1-18-12(17)13(5-6-13)11-15-8-10(16-11)9-4-2-3-7-14-9/h2-4,7-8H,5-6H2,1H3,(H,15,16). The van der Waals surface area contributed by atoms with E-state index >= 15 is 0 Å². The zero-order chi connectivity index (χ0) is 12.6. The maximum absolute atomic E-state index is 11.7. The van der Waals surface area contributed by atoms with Crippen LogP contribution >= 0.6 is 0 Å². The molecule has 2 aromatic rings. The molecule has 2 heterocycles. The van der Waals surface area contributed by atoms with Gasteiger partial charge in [0.25, 0.3) is 0 Å². The fourth-order valence-electron chi connectivity index (χ4n) is 2.07. The number of carbonyl (C=O) groups is 1. The van der Waals surface area contributed by atoms with Gasteiger partial charge in [-0.2, -0.15) is 0 Å². The van der Waals surface area contributed by atoms with Crippen molar-refractivity contribution in [2.75, 3.05) is 7.11 Å². The lowest BCUT2D eigenvalue weighted by Crippen LogP contribution is -2.23. The molecule has 0 aromatic carbocycles. The summed E-state index contributed by atoms with van der Waals surface area (Å²) in [5, 5.41) is 0. The molecule has 18 heavy (non-hydrogen) atoms. The van der Waals surface area contributed by atoms with Crippen molar-refractivity contribution in [3.05, 3.63) is 36.4 Å². The van der Waals surface area contributed by atoms with Gasteiger partial charge in [-0.15, -0.1) is 0 Å². The summed E-state index contributed by atoms with van der Waals surface area (Å²) in [4.78, 5) is 23.5. The van der Waals surface area contributed by atoms with E-state index < -0.39 is 5.41 Å². The lowest BCUT2D eigenvalue weighted by molar-refractivity contribution is -0.143. The molecule has 0 atom stereocenters. The topological polar surface area (TPSA) is 67.9 Å². The zero-order valence-corrected chi connectivity index (χ0v) is 10.0. The lowest BCUT2D eigenvalue weighted by Gasteiger charge is -2.08. The number of methoxy groups -OCH3 is 1. The molecule has 5 nitrogen and oxygen atoms in total. The Kier molecular flexibility index (Phi) is 2.40. The molecular formula is C13H13N3O2. The summed E-state index contributed by atoms with van der Waals surface area (Å²) in [5.74, 6) is 0.458. The van der Waals surface area contributed by atoms with Crippen molar-refractivity contribution < 1.29 is 9.53 Å². The van der Waals surface area contributed by atoms with Gasteiger partial charge < -0.3 is 9.72 Å². The summed E-state index contributed by atoms with van der Waals surface area (Å²) in [7, 11) is 1.41. The molecule has 0 amide bonds. The number of carbonyl (C=O) groups excluding carboxylic acids is 1. The number of esters is 1. The fourth-order valence-corrected chi connectivity index (χ4v) is 2.07. The van der Waals surface area contributed by atoms with Crippen LogP contribution in [0.25, 0.3) is 11.4 Å². The van der Waals surface area contributed by atoms with Crippen molar-refractivity contribution in [2.24, 2.45) is 0 Å². The highest BCUT2D eigenvalue weighted by Gasteiger charge is 2.55. The Labute approximate surface area is 104 Å². The maximum atomic E-state index is 11.7. The predicted octanol–water partition coefficient (Wildman–Crippen LogP) is 1.68. The molecule has 0 bridgehead atoms. The van der Waals surface area contributed by atoms with Crippen LogP contribution in [0.1, 0.15) is 18.7 Å². The summed E-state index contributed by atoms with van der Waals surface area (Å²) in [6.07, 6.45) is 5.01. The normalized spacial score (nSPS) is 16.3. The minimum Gasteiger partial charge on any atom is -0.468 e. The van der Waals surface area contributed by atoms with E-state index in [4.69, 9.17) is 4.74 Å². The monoisotopic (exact) mass is 243 g/mol. The number of aromatic amines is 1. The fraction of sp³-hybridized carbons (Fsp3) is 0.308. The van der Waals surface area contributed by atoms with E-state index in [0.717, 1.165) is 24.2 Å². The highest BCUT2D eigenvalue weighted by Crippen LogP contribution is 2.48. The molecule has 1 N–H and O–H groups in total. The van der Waals surface area contributed by atoms with Crippen molar-refractivity contribution in [1.82, 2.24) is 15.0 Å². The molecule has 92 valence electrons. The molecule has 0 unspecified atom stereocenters. The van der Waals surface area contributed by atoms with Crippen LogP contribution in [0.2, 0.25) is 0 Å². The Balaban J connectivity index is 1.94. The number of nitrogens with zero attached hydrogens (tertiary/aromatic N) is 2. The molecule has 0 aliphatic heterocycles. The minimum absolute atomic E-state index is 0.218. The minimum atomic E-state index is -0.554. The first-order valence-electron chi connectivity index (χ1n) is 5.81. The highest BCUT2D eigenvalue weighted by molar-refractivity contribution is 5.85. The van der Waals surface area contributed by atoms with Crippen molar-refractivity contribution in [1.29, 1.82) is 0 Å². The van der Waals surface area contributed by atoms with E-state index in [9.17, 15) is 4.79 Å². The lowest BCUT2D eigenvalue weighted by atomic mass is 10.1. The average Bonchev–Trinajstić information content (AvgIpc) is 3.09. The van der Waals surface area contributed by atoms with E-state index in [1.165, 1.54) is 7.11 Å². The van der Waals surface area contributed by atoms with Crippen molar-refractivity contribution in [3.8, 4) is 11.4 Å². The second-order valence-electron chi connectivity index (χ2n) is 4.43. The highest BCUT2D eigenvalue weighted by atomic mass is 16.5. The van der Waals surface area contributed by atoms with E-state index in [2.05, 4.69) is 15.0 Å². The van der Waals surface area contributed by atoms with Gasteiger partial charge in [0.2, 0.25) is 0 Å². The molecular weight excluding hydrogens is 230 g/mol. The van der Waals surface area contributed by atoms with Gasteiger partial charge in [0, 0.05) is 6.20 Å². The second-order valence-corrected chi connectivity index (χ2v) is 4.43. The number of imidazole rings is 1. The van der Waals surface area contributed by atoms with Gasteiger partial charge in [-0.05, 0) is 25.0 Å². The molecule has 1 aliphatic rings. The largest absolute Gasteiger partial charge is 0.468 e. The van der Waals surface area contributed by atoms with Crippen LogP contribution < -0.4 is 0 Å². The first-order chi connectivity index (χ1) is 8.76. The second kappa shape index (κ2) is 3.94. The van der Waals surface area contributed by atoms with Crippen LogP contribution in [0.3, 0.4) is 0 Å². The quantitative estimate of drug-likeness (QED) is 0.833. The van der Waals surface area contributed by atoms with Crippen LogP contribution in [0.15, 0.2) is 30.6 Å². The molecule has 1 fully saturated rings. The zero-order valence-electron chi connectivity index (χ0n) is 10.0. The van der Waals surface area contributed by atoms with Gasteiger partial charge in [-0.1, -0.05) is 6.07 Å². The first kappa shape index (κ1) is 11.0. The Hall–Kier alpha value is -2.17. The number of ether oxygens (including phenoxy) is 1. The Morgan fingerprint density at radius 3 is 2.83 bits per heavy atom. The molecule has 2 aromatic heterocycles. The van der Waals surface area contributed by atoms with Crippen molar-refractivity contribution in [2.45, 2.75) is 18.3 Å². The summed E-state index contributed by atoms with van der Waals surface area (Å²) in [6.45, 7) is 0. The Morgan fingerprint density at radius 1 is 1.39 bits per heavy atom. The molecule has 1 aliphatic carbocycles. The van der Waals surface area contributed by atoms with Crippen LogP contribution in [-0.2, 0) is 14.9 Å². The van der Waals surface area contributed by atoms with Gasteiger partial charge >= 0.3 is 5.97 Å². The Bertz CT molecular complexity index is 573. The number of nitrogens with one attached hydrogen (secondary N) is 1. The van der Waals surface area contributed by atoms with Gasteiger partial charge in [0.15, 0.2) is 0 Å². The third-order valence-corrected chi connectivity index (χ3v) is 3.30. The predicted molar refractivity (Wildman–Crippen MR) is 64.7 cm³/mol. The SMILES string of the molecule is COC(=O)C1(c2ncc(-c3ccccn3)[nH]2)CC1. The maximum Gasteiger partial charge on any atom is 0.319 e. The molecule has 0 radical (unpaired) electrons. The van der Waals surface area contributed by atoms with E-state index in [1.807, 2.05) is 18.2 Å². The van der Waals surface area contributed by atoms with Crippen molar-refractivity contribution in [3.63, 3.8) is 0 Å². The van der Waals surface area contributed by atoms with E-state index in [-0.39, 0.29) is 5.97 Å². The van der Waals surface area contributed by atoms with Gasteiger partial charge in [0.05, 0.1) is 24.7 Å². The van der Waals surface area contributed by atoms with Gasteiger partial charge in [-0.3, -0.25) is 9.78 Å². The Morgan fingerprint density at radius 2 is 2.22 bits per heavy atom. The molecule has 0 spiro atoms. The van der Waals surface area contributed by atoms with Crippen molar-refractivity contribution >= 4 is 5.97 Å². The number of hydrogen-bond acceptors (Lipinski definition) is 4. The third kappa shape index (κ3) is 1.59. The molecule has 0 saturated heterocycles. The van der Waals surface area contributed by atoms with Crippen LogP contribution in [0, 0.1) is 0 Å². The molecule has 3 rings (SSSR count). The van der Waals surface area contributed by atoms with Gasteiger partial charge in [0.1, 0.15) is 11.2 Å².